The second-order valence-electron chi connectivity index (χ2n) is 14.4. The molecule has 0 radical (unpaired) electrons. The fourth-order valence-corrected chi connectivity index (χ4v) is 10.0. The first-order valence-corrected chi connectivity index (χ1v) is 19.1. The molecule has 0 saturated heterocycles. The molecule has 1 aromatic heterocycles. The number of carbonyl (C=O) groups is 1. The van der Waals surface area contributed by atoms with Gasteiger partial charge >= 0.3 is 0 Å². The van der Waals surface area contributed by atoms with Gasteiger partial charge in [0, 0.05) is 58.2 Å². The van der Waals surface area contributed by atoms with Crippen LogP contribution in [0, 0.1) is 23.6 Å². The molecule has 2 aromatic carbocycles. The third-order valence-electron chi connectivity index (χ3n) is 11.5. The molecule has 10 heteroatoms. The van der Waals surface area contributed by atoms with Crippen molar-refractivity contribution in [2.75, 3.05) is 24.6 Å². The van der Waals surface area contributed by atoms with Crippen molar-refractivity contribution in [1.82, 2.24) is 9.71 Å². The smallest absolute Gasteiger partial charge is 0.262 e. The first-order valence-electron chi connectivity index (χ1n) is 16.9. The SMILES string of the molecule is C=S1(=O)NC(=O)c2ccc3c(c2)N(C[C@@H]2CC[C@H]2[C@](O)(c2cnccc2F)/C=C/C[C@H](C)[C@H]1C)C[C@@]1(CCCc2cc(Cl)ccc21)CO3. The average Bonchev–Trinajstić information content (AvgIpc) is 3.18. The highest BCUT2D eigenvalue weighted by Crippen LogP contribution is 2.51. The number of carbonyl (C=O) groups excluding carboxylic acids is 1. The normalized spacial score (nSPS) is 34.1. The number of aryl methyl sites for hydroxylation is 1. The average molecular weight is 692 g/mol. The summed E-state index contributed by atoms with van der Waals surface area (Å²) in [5, 5.41) is 12.7. The van der Waals surface area contributed by atoms with Crippen LogP contribution in [0.1, 0.15) is 73.0 Å². The van der Waals surface area contributed by atoms with Crippen molar-refractivity contribution in [3.8, 4) is 5.75 Å². The molecular formula is C38H43ClFN3O4S. The molecule has 254 valence electrons. The Labute approximate surface area is 287 Å². The fraction of sp³-hybridized carbons (Fsp3) is 0.447. The first-order chi connectivity index (χ1) is 22.9. The van der Waals surface area contributed by atoms with Gasteiger partial charge in [0.1, 0.15) is 17.2 Å². The summed E-state index contributed by atoms with van der Waals surface area (Å²) in [7, 11) is -3.05. The Morgan fingerprint density at radius 2 is 2.00 bits per heavy atom. The molecule has 2 bridgehead atoms. The largest absolute Gasteiger partial charge is 0.490 e. The van der Waals surface area contributed by atoms with Crippen LogP contribution in [0.5, 0.6) is 5.75 Å². The number of aliphatic hydroxyl groups is 1. The minimum atomic E-state index is -3.05. The van der Waals surface area contributed by atoms with Crippen LogP contribution in [0.15, 0.2) is 67.0 Å². The Hall–Kier alpha value is -3.40. The van der Waals surface area contributed by atoms with Gasteiger partial charge in [-0.3, -0.25) is 14.5 Å². The van der Waals surface area contributed by atoms with Crippen molar-refractivity contribution in [3.05, 3.63) is 100 Å². The van der Waals surface area contributed by atoms with Gasteiger partial charge in [-0.1, -0.05) is 36.7 Å². The molecule has 2 aliphatic carbocycles. The van der Waals surface area contributed by atoms with Crippen LogP contribution in [0.2, 0.25) is 5.02 Å². The number of rotatable bonds is 1. The highest BCUT2D eigenvalue weighted by molar-refractivity contribution is 7.99. The molecule has 3 heterocycles. The fourth-order valence-electron chi connectivity index (χ4n) is 8.33. The van der Waals surface area contributed by atoms with Crippen LogP contribution in [0.4, 0.5) is 10.1 Å². The number of hydrogen-bond donors (Lipinski definition) is 2. The molecule has 7 atom stereocenters. The first kappa shape index (κ1) is 33.1. The van der Waals surface area contributed by atoms with Crippen molar-refractivity contribution in [2.45, 2.75) is 68.6 Å². The zero-order valence-electron chi connectivity index (χ0n) is 27.5. The number of amides is 1. The Balaban J connectivity index is 1.36. The number of nitrogens with one attached hydrogen (secondary N) is 1. The molecule has 4 aliphatic rings. The van der Waals surface area contributed by atoms with Gasteiger partial charge < -0.3 is 14.7 Å². The predicted octanol–water partition coefficient (Wildman–Crippen LogP) is 6.61. The number of nitrogens with zero attached hydrogens (tertiary/aromatic N) is 2. The number of anilines is 1. The van der Waals surface area contributed by atoms with Crippen LogP contribution in [-0.4, -0.2) is 51.0 Å². The zero-order valence-corrected chi connectivity index (χ0v) is 29.0. The lowest BCUT2D eigenvalue weighted by Crippen LogP contribution is -2.51. The Bertz CT molecular complexity index is 1890. The number of halogens is 2. The van der Waals surface area contributed by atoms with Crippen molar-refractivity contribution < 1.29 is 23.2 Å². The molecule has 48 heavy (non-hydrogen) atoms. The second kappa shape index (κ2) is 12.5. The van der Waals surface area contributed by atoms with E-state index in [9.17, 15) is 14.1 Å². The van der Waals surface area contributed by atoms with E-state index in [1.807, 2.05) is 38.1 Å². The number of pyridine rings is 1. The van der Waals surface area contributed by atoms with Gasteiger partial charge in [0.15, 0.2) is 0 Å². The van der Waals surface area contributed by atoms with E-state index in [4.69, 9.17) is 16.3 Å². The Morgan fingerprint density at radius 1 is 1.17 bits per heavy atom. The molecule has 7 rings (SSSR count). The van der Waals surface area contributed by atoms with Gasteiger partial charge in [-0.15, -0.1) is 0 Å². The Kier molecular flexibility index (Phi) is 8.61. The number of benzene rings is 2. The van der Waals surface area contributed by atoms with Gasteiger partial charge in [-0.2, -0.15) is 0 Å². The van der Waals surface area contributed by atoms with Crippen LogP contribution < -0.4 is 14.4 Å². The number of allylic oxidation sites excluding steroid dienone is 1. The second-order valence-corrected chi connectivity index (χ2v) is 17.2. The number of fused-ring (bicyclic) bond motifs is 4. The van der Waals surface area contributed by atoms with E-state index in [1.54, 1.807) is 12.1 Å². The molecule has 2 aliphatic heterocycles. The monoisotopic (exact) mass is 691 g/mol. The number of aromatic nitrogens is 1. The quantitative estimate of drug-likeness (QED) is 0.221. The summed E-state index contributed by atoms with van der Waals surface area (Å²) in [6.07, 6.45) is 11.3. The van der Waals surface area contributed by atoms with Gasteiger partial charge in [0.2, 0.25) is 0 Å². The maximum Gasteiger partial charge on any atom is 0.262 e. The third-order valence-corrected chi connectivity index (χ3v) is 13.9. The van der Waals surface area contributed by atoms with E-state index in [2.05, 4.69) is 32.6 Å². The maximum absolute atomic E-state index is 15.5. The van der Waals surface area contributed by atoms with E-state index in [0.717, 1.165) is 31.4 Å². The standard InChI is InChI=1S/C38H43ClFN3O4S/c1-24-6-4-16-38(45,32-20-41-17-14-33(32)40)31-11-8-28(31)21-43-22-37(15-5-7-26-18-29(39)10-12-30(26)37)23-47-35-13-9-27(19-34(35)43)36(44)42-48(3,46)25(24)2/h4,9-10,12-14,16-20,24-25,28,31,45H,3,5-8,11,15,21-23H2,1-2H3,(H,42,44,46)/b16-4+/t24-,25+,28-,31+,37-,38-,48?/m0/s1. The van der Waals surface area contributed by atoms with E-state index < -0.39 is 32.3 Å². The molecule has 2 N–H and O–H groups in total. The van der Waals surface area contributed by atoms with Gasteiger partial charge in [0.05, 0.1) is 22.0 Å². The van der Waals surface area contributed by atoms with E-state index in [-0.39, 0.29) is 28.7 Å². The van der Waals surface area contributed by atoms with Crippen LogP contribution in [-0.2, 0) is 27.1 Å². The summed E-state index contributed by atoms with van der Waals surface area (Å²) in [5.74, 6) is 3.24. The van der Waals surface area contributed by atoms with E-state index in [1.165, 1.54) is 29.6 Å². The lowest BCUT2D eigenvalue weighted by atomic mass is 9.62. The predicted molar refractivity (Wildman–Crippen MR) is 190 cm³/mol. The third kappa shape index (κ3) is 5.81. The molecule has 3 aromatic rings. The number of hydrogen-bond acceptors (Lipinski definition) is 6. The molecular weight excluding hydrogens is 649 g/mol. The minimum absolute atomic E-state index is 0.0100. The summed E-state index contributed by atoms with van der Waals surface area (Å²) in [4.78, 5) is 20.1. The van der Waals surface area contributed by atoms with Crippen LogP contribution in [0.3, 0.4) is 0 Å². The number of ether oxygens (including phenoxy) is 1. The van der Waals surface area contributed by atoms with Crippen molar-refractivity contribution in [1.29, 1.82) is 0 Å². The highest BCUT2D eigenvalue weighted by Gasteiger charge is 2.49. The minimum Gasteiger partial charge on any atom is -0.490 e. The van der Waals surface area contributed by atoms with E-state index >= 15 is 4.39 Å². The maximum atomic E-state index is 15.5. The lowest BCUT2D eigenvalue weighted by molar-refractivity contribution is -0.0524. The molecule has 1 unspecified atom stereocenters. The summed E-state index contributed by atoms with van der Waals surface area (Å²) in [6.45, 7) is 5.40. The molecule has 1 spiro atoms. The Morgan fingerprint density at radius 3 is 2.77 bits per heavy atom. The molecule has 1 fully saturated rings. The van der Waals surface area contributed by atoms with Crippen LogP contribution >= 0.6 is 11.6 Å². The summed E-state index contributed by atoms with van der Waals surface area (Å²) >= 11 is 6.44. The van der Waals surface area contributed by atoms with Gasteiger partial charge in [-0.25, -0.2) is 8.60 Å². The van der Waals surface area contributed by atoms with Crippen LogP contribution in [0.25, 0.3) is 0 Å². The van der Waals surface area contributed by atoms with Gasteiger partial charge in [-0.05, 0) is 111 Å². The zero-order chi connectivity index (χ0) is 33.8. The van der Waals surface area contributed by atoms with Crippen molar-refractivity contribution in [3.63, 3.8) is 0 Å². The topological polar surface area (TPSA) is 91.8 Å². The molecule has 1 saturated carbocycles. The summed E-state index contributed by atoms with van der Waals surface area (Å²) in [5.41, 5.74) is 1.80. The van der Waals surface area contributed by atoms with Crippen molar-refractivity contribution in [2.24, 2.45) is 17.8 Å². The molecule has 7 nitrogen and oxygen atoms in total. The van der Waals surface area contributed by atoms with Gasteiger partial charge in [0.25, 0.3) is 5.91 Å². The summed E-state index contributed by atoms with van der Waals surface area (Å²) in [6, 6.07) is 12.8. The summed E-state index contributed by atoms with van der Waals surface area (Å²) < 4.78 is 38.6. The highest BCUT2D eigenvalue weighted by atomic mass is 35.5. The lowest BCUT2D eigenvalue weighted by Gasteiger charge is -2.49. The van der Waals surface area contributed by atoms with Crippen molar-refractivity contribution >= 4 is 38.8 Å². The van der Waals surface area contributed by atoms with E-state index in [0.29, 0.717) is 48.9 Å². The molecule has 1 amide bonds.